The quantitative estimate of drug-likeness (QED) is 0.775. The number of benzene rings is 1. The highest BCUT2D eigenvalue weighted by Crippen LogP contribution is 2.06. The molecule has 0 aliphatic rings. The molecule has 1 aromatic carbocycles. The predicted octanol–water partition coefficient (Wildman–Crippen LogP) is 2.39. The van der Waals surface area contributed by atoms with Crippen molar-refractivity contribution in [2.24, 2.45) is 0 Å². The Kier molecular flexibility index (Phi) is 5.10. The lowest BCUT2D eigenvalue weighted by Crippen LogP contribution is -2.15. The summed E-state index contributed by atoms with van der Waals surface area (Å²) in [6.07, 6.45) is 4.01. The molecule has 0 saturated heterocycles. The fourth-order valence-electron chi connectivity index (χ4n) is 1.93. The summed E-state index contributed by atoms with van der Waals surface area (Å²) < 4.78 is 1.89. The second kappa shape index (κ2) is 7.04. The standard InChI is InChI=1S/C15H22N4/c1-3-9-16-10-15-17-12-19(18-15)11-14-7-5-13(4-2)6-8-14/h5-8,12,16H,3-4,9-11H2,1-2H3. The highest BCUT2D eigenvalue weighted by Gasteiger charge is 2.01. The van der Waals surface area contributed by atoms with Crippen LogP contribution in [0, 0.1) is 0 Å². The molecule has 0 atom stereocenters. The zero-order valence-electron chi connectivity index (χ0n) is 11.8. The van der Waals surface area contributed by atoms with E-state index in [1.54, 1.807) is 6.33 Å². The van der Waals surface area contributed by atoms with Crippen LogP contribution in [-0.4, -0.2) is 21.3 Å². The van der Waals surface area contributed by atoms with Crippen LogP contribution < -0.4 is 5.32 Å². The van der Waals surface area contributed by atoms with Gasteiger partial charge in [-0.15, -0.1) is 0 Å². The molecular formula is C15H22N4. The van der Waals surface area contributed by atoms with E-state index in [2.05, 4.69) is 53.5 Å². The minimum absolute atomic E-state index is 0.746. The molecule has 0 radical (unpaired) electrons. The summed E-state index contributed by atoms with van der Waals surface area (Å²) in [5.41, 5.74) is 2.63. The average Bonchev–Trinajstić information content (AvgIpc) is 2.88. The fourth-order valence-corrected chi connectivity index (χ4v) is 1.93. The lowest BCUT2D eigenvalue weighted by molar-refractivity contribution is 0.625. The van der Waals surface area contributed by atoms with E-state index in [4.69, 9.17) is 0 Å². The Hall–Kier alpha value is -1.68. The molecule has 0 fully saturated rings. The lowest BCUT2D eigenvalue weighted by atomic mass is 10.1. The van der Waals surface area contributed by atoms with E-state index in [1.165, 1.54) is 11.1 Å². The van der Waals surface area contributed by atoms with Crippen molar-refractivity contribution in [2.45, 2.75) is 39.8 Å². The number of hydrogen-bond donors (Lipinski definition) is 1. The highest BCUT2D eigenvalue weighted by molar-refractivity contribution is 5.22. The average molecular weight is 258 g/mol. The molecule has 0 bridgehead atoms. The molecule has 4 heteroatoms. The first kappa shape index (κ1) is 13.7. The van der Waals surface area contributed by atoms with Crippen LogP contribution in [0.5, 0.6) is 0 Å². The normalized spacial score (nSPS) is 10.8. The van der Waals surface area contributed by atoms with Crippen LogP contribution in [0.2, 0.25) is 0 Å². The minimum atomic E-state index is 0.746. The van der Waals surface area contributed by atoms with Crippen molar-refractivity contribution in [3.8, 4) is 0 Å². The molecule has 0 aliphatic carbocycles. The maximum absolute atomic E-state index is 4.46. The lowest BCUT2D eigenvalue weighted by Gasteiger charge is -2.02. The number of aromatic nitrogens is 3. The topological polar surface area (TPSA) is 42.7 Å². The van der Waals surface area contributed by atoms with Gasteiger partial charge in [-0.05, 0) is 30.5 Å². The maximum Gasteiger partial charge on any atom is 0.164 e. The van der Waals surface area contributed by atoms with E-state index in [0.29, 0.717) is 0 Å². The minimum Gasteiger partial charge on any atom is -0.310 e. The number of nitrogens with one attached hydrogen (secondary N) is 1. The third kappa shape index (κ3) is 4.17. The van der Waals surface area contributed by atoms with Crippen LogP contribution in [0.1, 0.15) is 37.2 Å². The van der Waals surface area contributed by atoms with Gasteiger partial charge in [0, 0.05) is 0 Å². The van der Waals surface area contributed by atoms with Crippen molar-refractivity contribution < 1.29 is 0 Å². The summed E-state index contributed by atoms with van der Waals surface area (Å²) in [7, 11) is 0. The van der Waals surface area contributed by atoms with E-state index in [0.717, 1.165) is 38.3 Å². The van der Waals surface area contributed by atoms with Gasteiger partial charge in [-0.1, -0.05) is 38.1 Å². The molecule has 19 heavy (non-hydrogen) atoms. The number of rotatable bonds is 7. The van der Waals surface area contributed by atoms with Gasteiger partial charge >= 0.3 is 0 Å². The molecule has 0 unspecified atom stereocenters. The van der Waals surface area contributed by atoms with Gasteiger partial charge in [0.25, 0.3) is 0 Å². The van der Waals surface area contributed by atoms with Gasteiger partial charge in [0.15, 0.2) is 5.82 Å². The zero-order valence-corrected chi connectivity index (χ0v) is 11.8. The van der Waals surface area contributed by atoms with E-state index >= 15 is 0 Å². The Labute approximate surface area is 114 Å². The van der Waals surface area contributed by atoms with Crippen molar-refractivity contribution in [3.63, 3.8) is 0 Å². The molecular weight excluding hydrogens is 236 g/mol. The van der Waals surface area contributed by atoms with Gasteiger partial charge in [0.2, 0.25) is 0 Å². The van der Waals surface area contributed by atoms with E-state index < -0.39 is 0 Å². The van der Waals surface area contributed by atoms with Gasteiger partial charge in [0.05, 0.1) is 13.1 Å². The van der Waals surface area contributed by atoms with E-state index in [1.807, 2.05) is 4.68 Å². The molecule has 1 aromatic heterocycles. The molecule has 1 N–H and O–H groups in total. The van der Waals surface area contributed by atoms with Crippen molar-refractivity contribution in [3.05, 3.63) is 47.5 Å². The molecule has 1 heterocycles. The summed E-state index contributed by atoms with van der Waals surface area (Å²) in [4.78, 5) is 4.31. The highest BCUT2D eigenvalue weighted by atomic mass is 15.3. The SMILES string of the molecule is CCCNCc1ncn(Cc2ccc(CC)cc2)n1. The van der Waals surface area contributed by atoms with E-state index in [9.17, 15) is 0 Å². The van der Waals surface area contributed by atoms with E-state index in [-0.39, 0.29) is 0 Å². The zero-order chi connectivity index (χ0) is 13.5. The number of nitrogens with zero attached hydrogens (tertiary/aromatic N) is 3. The van der Waals surface area contributed by atoms with Crippen LogP contribution >= 0.6 is 0 Å². The Morgan fingerprint density at radius 1 is 1.11 bits per heavy atom. The Balaban J connectivity index is 1.91. The first-order valence-corrected chi connectivity index (χ1v) is 6.98. The van der Waals surface area contributed by atoms with Gasteiger partial charge < -0.3 is 5.32 Å². The first-order chi connectivity index (χ1) is 9.31. The predicted molar refractivity (Wildman–Crippen MR) is 76.9 cm³/mol. The van der Waals surface area contributed by atoms with Crippen molar-refractivity contribution in [1.82, 2.24) is 20.1 Å². The molecule has 4 nitrogen and oxygen atoms in total. The van der Waals surface area contributed by atoms with Crippen LogP contribution in [0.4, 0.5) is 0 Å². The third-order valence-electron chi connectivity index (χ3n) is 3.07. The largest absolute Gasteiger partial charge is 0.310 e. The molecule has 2 rings (SSSR count). The van der Waals surface area contributed by atoms with Crippen molar-refractivity contribution in [2.75, 3.05) is 6.54 Å². The first-order valence-electron chi connectivity index (χ1n) is 6.98. The van der Waals surface area contributed by atoms with Crippen LogP contribution in [0.25, 0.3) is 0 Å². The van der Waals surface area contributed by atoms with Crippen LogP contribution in [-0.2, 0) is 19.5 Å². The van der Waals surface area contributed by atoms with Crippen LogP contribution in [0.15, 0.2) is 30.6 Å². The summed E-state index contributed by atoms with van der Waals surface area (Å²) in [5, 5.41) is 7.77. The summed E-state index contributed by atoms with van der Waals surface area (Å²) in [5.74, 6) is 0.860. The smallest absolute Gasteiger partial charge is 0.164 e. The Morgan fingerprint density at radius 2 is 1.84 bits per heavy atom. The summed E-state index contributed by atoms with van der Waals surface area (Å²) in [6, 6.07) is 8.68. The Bertz CT molecular complexity index is 487. The van der Waals surface area contributed by atoms with Gasteiger partial charge in [-0.25, -0.2) is 9.67 Å². The molecule has 0 amide bonds. The monoisotopic (exact) mass is 258 g/mol. The molecule has 0 spiro atoms. The maximum atomic E-state index is 4.46. The van der Waals surface area contributed by atoms with Gasteiger partial charge in [-0.3, -0.25) is 0 Å². The summed E-state index contributed by atoms with van der Waals surface area (Å²) >= 11 is 0. The van der Waals surface area contributed by atoms with Crippen molar-refractivity contribution >= 4 is 0 Å². The molecule has 102 valence electrons. The number of hydrogen-bond acceptors (Lipinski definition) is 3. The van der Waals surface area contributed by atoms with Crippen molar-refractivity contribution in [1.29, 1.82) is 0 Å². The second-order valence-corrected chi connectivity index (χ2v) is 4.71. The molecule has 2 aromatic rings. The molecule has 0 saturated carbocycles. The fraction of sp³-hybridized carbons (Fsp3) is 0.467. The molecule has 0 aliphatic heterocycles. The van der Waals surface area contributed by atoms with Crippen LogP contribution in [0.3, 0.4) is 0 Å². The third-order valence-corrected chi connectivity index (χ3v) is 3.07. The van der Waals surface area contributed by atoms with Gasteiger partial charge in [0.1, 0.15) is 6.33 Å². The Morgan fingerprint density at radius 3 is 2.53 bits per heavy atom. The summed E-state index contributed by atoms with van der Waals surface area (Å²) in [6.45, 7) is 6.86. The number of aryl methyl sites for hydroxylation is 1. The second-order valence-electron chi connectivity index (χ2n) is 4.71. The van der Waals surface area contributed by atoms with Gasteiger partial charge in [-0.2, -0.15) is 5.10 Å².